The Labute approximate surface area is 171 Å². The summed E-state index contributed by atoms with van der Waals surface area (Å²) < 4.78 is 33.5. The molecule has 0 aliphatic rings. The first-order valence-corrected chi connectivity index (χ1v) is 9.16. The largest absolute Gasteiger partial charge is 0.497 e. The maximum Gasteiger partial charge on any atom is 0.280 e. The lowest BCUT2D eigenvalue weighted by atomic mass is 10.1. The number of halogens is 2. The van der Waals surface area contributed by atoms with E-state index in [9.17, 15) is 13.6 Å². The molecule has 0 bridgehead atoms. The fourth-order valence-corrected chi connectivity index (χ4v) is 3.15. The number of alkyl halides is 2. The number of carbonyl (C=O) groups is 1. The minimum absolute atomic E-state index is 0.0651. The average Bonchev–Trinajstić information content (AvgIpc) is 3.19. The molecule has 2 aromatic heterocycles. The van der Waals surface area contributed by atoms with Gasteiger partial charge in [0.2, 0.25) is 0 Å². The van der Waals surface area contributed by atoms with Gasteiger partial charge in [0.15, 0.2) is 5.65 Å². The number of amides is 1. The van der Waals surface area contributed by atoms with Gasteiger partial charge in [-0.2, -0.15) is 5.10 Å². The Morgan fingerprint density at radius 2 is 1.90 bits per heavy atom. The van der Waals surface area contributed by atoms with E-state index in [-0.39, 0.29) is 16.9 Å². The molecule has 30 heavy (non-hydrogen) atoms. The van der Waals surface area contributed by atoms with Gasteiger partial charge in [0.25, 0.3) is 12.3 Å². The molecule has 0 saturated carbocycles. The molecule has 0 aliphatic heterocycles. The Balaban J connectivity index is 1.77. The van der Waals surface area contributed by atoms with Gasteiger partial charge >= 0.3 is 0 Å². The molecule has 0 saturated heterocycles. The SMILES string of the molecule is COc1ccc(NC(=O)c2cnn3c(C(F)F)cc(-c4ccccc4)nc23)c(C)c1. The smallest absolute Gasteiger partial charge is 0.280 e. The number of fused-ring (bicyclic) bond motifs is 1. The zero-order valence-corrected chi connectivity index (χ0v) is 16.3. The zero-order chi connectivity index (χ0) is 21.3. The normalized spacial score (nSPS) is 11.1. The topological polar surface area (TPSA) is 68.5 Å². The van der Waals surface area contributed by atoms with Crippen LogP contribution in [-0.2, 0) is 0 Å². The minimum Gasteiger partial charge on any atom is -0.497 e. The quantitative estimate of drug-likeness (QED) is 0.510. The number of hydrogen-bond acceptors (Lipinski definition) is 4. The van der Waals surface area contributed by atoms with Gasteiger partial charge in [-0.05, 0) is 36.8 Å². The second-order valence-corrected chi connectivity index (χ2v) is 6.66. The molecule has 8 heteroatoms. The lowest BCUT2D eigenvalue weighted by molar-refractivity contribution is 0.102. The molecule has 1 N–H and O–H groups in total. The van der Waals surface area contributed by atoms with E-state index in [0.717, 1.165) is 10.1 Å². The first-order valence-electron chi connectivity index (χ1n) is 9.16. The summed E-state index contributed by atoms with van der Waals surface area (Å²) in [4.78, 5) is 17.3. The highest BCUT2D eigenvalue weighted by Crippen LogP contribution is 2.27. The molecule has 0 spiro atoms. The number of nitrogens with one attached hydrogen (secondary N) is 1. The van der Waals surface area contributed by atoms with Crippen LogP contribution in [0.25, 0.3) is 16.9 Å². The van der Waals surface area contributed by atoms with Crippen LogP contribution in [0, 0.1) is 6.92 Å². The number of rotatable bonds is 5. The highest BCUT2D eigenvalue weighted by atomic mass is 19.3. The number of methoxy groups -OCH3 is 1. The van der Waals surface area contributed by atoms with Gasteiger partial charge in [0.05, 0.1) is 19.0 Å². The number of carbonyl (C=O) groups excluding carboxylic acids is 1. The van der Waals surface area contributed by atoms with Gasteiger partial charge in [-0.15, -0.1) is 0 Å². The number of benzene rings is 2. The van der Waals surface area contributed by atoms with Crippen LogP contribution in [0.5, 0.6) is 5.75 Å². The molecule has 2 heterocycles. The van der Waals surface area contributed by atoms with E-state index in [1.54, 1.807) is 49.6 Å². The van der Waals surface area contributed by atoms with Crippen molar-refractivity contribution in [3.8, 4) is 17.0 Å². The molecular formula is C22H18F2N4O2. The number of hydrogen-bond donors (Lipinski definition) is 1. The van der Waals surface area contributed by atoms with E-state index in [2.05, 4.69) is 15.4 Å². The summed E-state index contributed by atoms with van der Waals surface area (Å²) in [7, 11) is 1.56. The lowest BCUT2D eigenvalue weighted by Gasteiger charge is -2.10. The third-order valence-electron chi connectivity index (χ3n) is 4.72. The van der Waals surface area contributed by atoms with Crippen molar-refractivity contribution in [3.63, 3.8) is 0 Å². The summed E-state index contributed by atoms with van der Waals surface area (Å²) in [6, 6.07) is 15.5. The zero-order valence-electron chi connectivity index (χ0n) is 16.3. The summed E-state index contributed by atoms with van der Waals surface area (Å²) in [5.41, 5.74) is 2.21. The summed E-state index contributed by atoms with van der Waals surface area (Å²) in [6.07, 6.45) is -1.53. The van der Waals surface area contributed by atoms with Crippen molar-refractivity contribution in [1.82, 2.24) is 14.6 Å². The average molecular weight is 408 g/mol. The van der Waals surface area contributed by atoms with E-state index in [0.29, 0.717) is 22.7 Å². The van der Waals surface area contributed by atoms with E-state index in [1.807, 2.05) is 13.0 Å². The summed E-state index contributed by atoms with van der Waals surface area (Å²) in [5.74, 6) is 0.174. The molecule has 0 aliphatic carbocycles. The van der Waals surface area contributed by atoms with Crippen LogP contribution in [0.4, 0.5) is 14.5 Å². The fraction of sp³-hybridized carbons (Fsp3) is 0.136. The molecule has 6 nitrogen and oxygen atoms in total. The van der Waals surface area contributed by atoms with Crippen LogP contribution in [0.1, 0.15) is 28.0 Å². The van der Waals surface area contributed by atoms with Crippen molar-refractivity contribution in [3.05, 3.63) is 77.6 Å². The van der Waals surface area contributed by atoms with E-state index < -0.39 is 12.3 Å². The van der Waals surface area contributed by atoms with E-state index in [1.165, 1.54) is 12.3 Å². The monoisotopic (exact) mass is 408 g/mol. The third-order valence-corrected chi connectivity index (χ3v) is 4.72. The predicted molar refractivity (Wildman–Crippen MR) is 109 cm³/mol. The molecule has 0 radical (unpaired) electrons. The minimum atomic E-state index is -2.78. The van der Waals surface area contributed by atoms with Gasteiger partial charge in [-0.3, -0.25) is 4.79 Å². The molecule has 4 aromatic rings. The van der Waals surface area contributed by atoms with Gasteiger partial charge in [0, 0.05) is 11.3 Å². The Morgan fingerprint density at radius 3 is 2.57 bits per heavy atom. The van der Waals surface area contributed by atoms with Gasteiger partial charge < -0.3 is 10.1 Å². The predicted octanol–water partition coefficient (Wildman–Crippen LogP) is 4.90. The fourth-order valence-electron chi connectivity index (χ4n) is 3.15. The maximum atomic E-state index is 13.7. The lowest BCUT2D eigenvalue weighted by Crippen LogP contribution is -2.13. The standard InChI is InChI=1S/C22H18F2N4O2/c1-13-10-15(30-2)8-9-17(13)27-22(29)16-12-25-28-19(20(23)24)11-18(26-21(16)28)14-6-4-3-5-7-14/h3-12,20H,1-2H3,(H,27,29). The van der Waals surface area contributed by atoms with Gasteiger partial charge in [-0.25, -0.2) is 18.3 Å². The molecule has 2 aromatic carbocycles. The van der Waals surface area contributed by atoms with E-state index in [4.69, 9.17) is 4.74 Å². The second kappa shape index (κ2) is 7.90. The number of aromatic nitrogens is 3. The van der Waals surface area contributed by atoms with Crippen LogP contribution in [-0.4, -0.2) is 27.6 Å². The molecule has 0 unspecified atom stereocenters. The molecule has 0 atom stereocenters. The highest BCUT2D eigenvalue weighted by molar-refractivity contribution is 6.08. The van der Waals surface area contributed by atoms with Crippen molar-refractivity contribution in [2.75, 3.05) is 12.4 Å². The molecule has 1 amide bonds. The molecule has 0 fully saturated rings. The van der Waals surface area contributed by atoms with Gasteiger partial charge in [-0.1, -0.05) is 30.3 Å². The van der Waals surface area contributed by atoms with Crippen molar-refractivity contribution in [1.29, 1.82) is 0 Å². The van der Waals surface area contributed by atoms with Crippen molar-refractivity contribution >= 4 is 17.2 Å². The summed E-state index contributed by atoms with van der Waals surface area (Å²) in [5, 5.41) is 6.77. The van der Waals surface area contributed by atoms with Crippen LogP contribution < -0.4 is 10.1 Å². The Morgan fingerprint density at radius 1 is 1.13 bits per heavy atom. The van der Waals surface area contributed by atoms with E-state index >= 15 is 0 Å². The molecule has 4 rings (SSSR count). The second-order valence-electron chi connectivity index (χ2n) is 6.66. The van der Waals surface area contributed by atoms with Crippen LogP contribution in [0.2, 0.25) is 0 Å². The maximum absolute atomic E-state index is 13.7. The Bertz CT molecular complexity index is 1220. The number of aryl methyl sites for hydroxylation is 1. The number of nitrogens with zero attached hydrogens (tertiary/aromatic N) is 3. The van der Waals surface area contributed by atoms with Crippen molar-refractivity contribution < 1.29 is 18.3 Å². The summed E-state index contributed by atoms with van der Waals surface area (Å²) in [6.45, 7) is 1.83. The van der Waals surface area contributed by atoms with Crippen molar-refractivity contribution in [2.24, 2.45) is 0 Å². The third kappa shape index (κ3) is 3.59. The Kier molecular flexibility index (Phi) is 5.14. The van der Waals surface area contributed by atoms with Crippen molar-refractivity contribution in [2.45, 2.75) is 13.3 Å². The molecule has 152 valence electrons. The number of ether oxygens (including phenoxy) is 1. The highest BCUT2D eigenvalue weighted by Gasteiger charge is 2.22. The van der Waals surface area contributed by atoms with Crippen LogP contribution in [0.3, 0.4) is 0 Å². The first kappa shape index (κ1) is 19.5. The summed E-state index contributed by atoms with van der Waals surface area (Å²) >= 11 is 0. The van der Waals surface area contributed by atoms with Crippen LogP contribution >= 0.6 is 0 Å². The van der Waals surface area contributed by atoms with Crippen LogP contribution in [0.15, 0.2) is 60.8 Å². The first-order chi connectivity index (χ1) is 14.5. The Hall–Kier alpha value is -3.81. The number of anilines is 1. The molecular weight excluding hydrogens is 390 g/mol. The van der Waals surface area contributed by atoms with Gasteiger partial charge in [0.1, 0.15) is 17.0 Å².